The lowest BCUT2D eigenvalue weighted by Crippen LogP contribution is -2.51. The lowest BCUT2D eigenvalue weighted by atomic mass is 10.1. The molecule has 0 unspecified atom stereocenters. The molecule has 3 aromatic rings. The lowest BCUT2D eigenvalue weighted by Gasteiger charge is -2.32. The van der Waals surface area contributed by atoms with Crippen LogP contribution in [-0.4, -0.2) is 44.3 Å². The Morgan fingerprint density at radius 2 is 1.62 bits per heavy atom. The number of nitrogens with zero attached hydrogens (tertiary/aromatic N) is 2. The molecular weight excluding hydrogens is 646 g/mol. The number of hydrogen-bond acceptors (Lipinski definition) is 4. The highest BCUT2D eigenvalue weighted by Gasteiger charge is 2.32. The van der Waals surface area contributed by atoms with E-state index in [2.05, 4.69) is 37.2 Å². The van der Waals surface area contributed by atoms with Crippen molar-refractivity contribution in [1.29, 1.82) is 0 Å². The van der Waals surface area contributed by atoms with Gasteiger partial charge in [0.05, 0.1) is 10.6 Å². The number of anilines is 1. The van der Waals surface area contributed by atoms with E-state index in [-0.39, 0.29) is 17.3 Å². The largest absolute Gasteiger partial charge is 0.354 e. The van der Waals surface area contributed by atoms with Gasteiger partial charge in [-0.2, -0.15) is 0 Å². The summed E-state index contributed by atoms with van der Waals surface area (Å²) < 4.78 is 30.3. The number of carbonyl (C=O) groups excluding carboxylic acids is 2. The van der Waals surface area contributed by atoms with Gasteiger partial charge >= 0.3 is 0 Å². The van der Waals surface area contributed by atoms with Gasteiger partial charge in [0.25, 0.3) is 10.0 Å². The summed E-state index contributed by atoms with van der Waals surface area (Å²) in [7, 11) is -4.10. The quantitative estimate of drug-likeness (QED) is 0.237. The summed E-state index contributed by atoms with van der Waals surface area (Å²) in [6.07, 6.45) is 1.75. The van der Waals surface area contributed by atoms with Crippen molar-refractivity contribution in [2.24, 2.45) is 0 Å². The maximum atomic E-state index is 13.9. The molecule has 7 nitrogen and oxygen atoms in total. The van der Waals surface area contributed by atoms with Crippen molar-refractivity contribution in [3.8, 4) is 0 Å². The average Bonchev–Trinajstić information content (AvgIpc) is 2.91. The number of carbonyl (C=O) groups is 2. The van der Waals surface area contributed by atoms with Crippen LogP contribution in [0.25, 0.3) is 0 Å². The van der Waals surface area contributed by atoms with Crippen LogP contribution in [0, 0.1) is 6.92 Å². The summed E-state index contributed by atoms with van der Waals surface area (Å²) >= 11 is 6.83. The van der Waals surface area contributed by atoms with Crippen LogP contribution < -0.4 is 9.62 Å². The highest BCUT2D eigenvalue weighted by atomic mass is 79.9. The summed E-state index contributed by atoms with van der Waals surface area (Å²) in [6, 6.07) is 19.9. The van der Waals surface area contributed by atoms with Crippen LogP contribution in [0.15, 0.2) is 86.6 Å². The van der Waals surface area contributed by atoms with Crippen molar-refractivity contribution in [1.82, 2.24) is 10.2 Å². The summed E-state index contributed by atoms with van der Waals surface area (Å²) in [6.45, 7) is 5.74. The first-order valence-corrected chi connectivity index (χ1v) is 15.7. The molecule has 39 heavy (non-hydrogen) atoms. The van der Waals surface area contributed by atoms with Crippen molar-refractivity contribution in [2.75, 3.05) is 17.4 Å². The lowest BCUT2D eigenvalue weighted by molar-refractivity contribution is -0.139. The third kappa shape index (κ3) is 8.40. The van der Waals surface area contributed by atoms with Crippen molar-refractivity contribution >= 4 is 59.4 Å². The predicted molar refractivity (Wildman–Crippen MR) is 162 cm³/mol. The molecule has 2 amide bonds. The fraction of sp³-hybridized carbons (Fsp3) is 0.310. The third-order valence-electron chi connectivity index (χ3n) is 6.25. The molecule has 0 bridgehead atoms. The van der Waals surface area contributed by atoms with Gasteiger partial charge in [-0.05, 0) is 68.3 Å². The third-order valence-corrected chi connectivity index (χ3v) is 9.06. The zero-order valence-electron chi connectivity index (χ0n) is 22.2. The number of aryl methyl sites for hydroxylation is 1. The van der Waals surface area contributed by atoms with Crippen LogP contribution in [0.4, 0.5) is 5.69 Å². The molecule has 3 rings (SSSR count). The van der Waals surface area contributed by atoms with Crippen molar-refractivity contribution in [3.63, 3.8) is 0 Å². The molecule has 0 fully saturated rings. The molecule has 0 aliphatic rings. The maximum Gasteiger partial charge on any atom is 0.264 e. The van der Waals surface area contributed by atoms with Gasteiger partial charge in [0.15, 0.2) is 0 Å². The Morgan fingerprint density at radius 1 is 0.949 bits per heavy atom. The van der Waals surface area contributed by atoms with Gasteiger partial charge < -0.3 is 10.2 Å². The van der Waals surface area contributed by atoms with Crippen molar-refractivity contribution in [3.05, 3.63) is 92.9 Å². The number of nitrogens with one attached hydrogen (secondary N) is 1. The van der Waals surface area contributed by atoms with Crippen LogP contribution in [-0.2, 0) is 26.2 Å². The molecule has 0 heterocycles. The van der Waals surface area contributed by atoms with E-state index < -0.39 is 28.5 Å². The minimum atomic E-state index is -4.10. The summed E-state index contributed by atoms with van der Waals surface area (Å²) in [4.78, 5) is 28.4. The van der Waals surface area contributed by atoms with Gasteiger partial charge in [-0.15, -0.1) is 0 Å². The van der Waals surface area contributed by atoms with Crippen LogP contribution in [0.3, 0.4) is 0 Å². The van der Waals surface area contributed by atoms with Gasteiger partial charge in [0.1, 0.15) is 12.6 Å². The van der Waals surface area contributed by atoms with E-state index >= 15 is 0 Å². The Morgan fingerprint density at radius 3 is 2.23 bits per heavy atom. The number of sulfonamides is 1. The molecular formula is C29H33Br2N3O4S. The Bertz CT molecular complexity index is 1380. The Kier molecular flexibility index (Phi) is 11.1. The first kappa shape index (κ1) is 30.8. The highest BCUT2D eigenvalue weighted by molar-refractivity contribution is 9.10. The molecule has 0 saturated carbocycles. The maximum absolute atomic E-state index is 13.9. The van der Waals surface area contributed by atoms with Crippen LogP contribution in [0.2, 0.25) is 0 Å². The van der Waals surface area contributed by atoms with Crippen molar-refractivity contribution < 1.29 is 18.0 Å². The second kappa shape index (κ2) is 14.1. The summed E-state index contributed by atoms with van der Waals surface area (Å²) in [5, 5.41) is 2.89. The predicted octanol–water partition coefficient (Wildman–Crippen LogP) is 6.05. The molecule has 0 spiro atoms. The first-order valence-electron chi connectivity index (χ1n) is 12.7. The van der Waals surface area contributed by atoms with E-state index in [1.54, 1.807) is 43.3 Å². The molecule has 0 aliphatic heterocycles. The minimum absolute atomic E-state index is 0.0747. The average molecular weight is 679 g/mol. The first-order chi connectivity index (χ1) is 18.5. The SMILES string of the molecule is CCCCNC(=O)[C@@H](C)N(Cc1ccc(Br)cc1)C(=O)CN(c1cccc(Br)c1)S(=O)(=O)c1ccc(C)cc1. The van der Waals surface area contributed by atoms with E-state index in [9.17, 15) is 18.0 Å². The molecule has 1 atom stereocenters. The zero-order chi connectivity index (χ0) is 28.6. The van der Waals surface area contributed by atoms with E-state index in [1.165, 1.54) is 17.0 Å². The van der Waals surface area contributed by atoms with Gasteiger partial charge in [-0.3, -0.25) is 13.9 Å². The van der Waals surface area contributed by atoms with E-state index in [0.717, 1.165) is 32.7 Å². The number of rotatable bonds is 12. The Labute approximate surface area is 247 Å². The zero-order valence-corrected chi connectivity index (χ0v) is 26.2. The smallest absolute Gasteiger partial charge is 0.264 e. The number of hydrogen-bond donors (Lipinski definition) is 1. The van der Waals surface area contributed by atoms with Gasteiger partial charge in [0.2, 0.25) is 11.8 Å². The summed E-state index contributed by atoms with van der Waals surface area (Å²) in [5.74, 6) is -0.781. The molecule has 208 valence electrons. The van der Waals surface area contributed by atoms with E-state index in [4.69, 9.17) is 0 Å². The fourth-order valence-electron chi connectivity index (χ4n) is 3.90. The fourth-order valence-corrected chi connectivity index (χ4v) is 5.96. The van der Waals surface area contributed by atoms with E-state index in [1.807, 2.05) is 38.1 Å². The molecule has 1 N–H and O–H groups in total. The van der Waals surface area contributed by atoms with E-state index in [0.29, 0.717) is 16.7 Å². The second-order valence-corrected chi connectivity index (χ2v) is 13.0. The number of unbranched alkanes of at least 4 members (excludes halogenated alkanes) is 1. The standard InChI is InChI=1S/C29H33Br2N3O4S/c1-4-5-17-32-29(36)22(3)33(19-23-11-13-24(30)14-12-23)28(35)20-34(26-8-6-7-25(31)18-26)39(37,38)27-15-9-21(2)10-16-27/h6-16,18,22H,4-5,17,19-20H2,1-3H3,(H,32,36)/t22-/m1/s1. The van der Waals surface area contributed by atoms with Gasteiger partial charge in [-0.25, -0.2) is 8.42 Å². The van der Waals surface area contributed by atoms with Gasteiger partial charge in [-0.1, -0.05) is 81.1 Å². The monoisotopic (exact) mass is 677 g/mol. The number of halogens is 2. The van der Waals surface area contributed by atoms with Crippen LogP contribution in [0.5, 0.6) is 0 Å². The molecule has 0 aliphatic carbocycles. The minimum Gasteiger partial charge on any atom is -0.354 e. The van der Waals surface area contributed by atoms with Crippen LogP contribution in [0.1, 0.15) is 37.8 Å². The topological polar surface area (TPSA) is 86.8 Å². The highest BCUT2D eigenvalue weighted by Crippen LogP contribution is 2.27. The number of amides is 2. The normalized spacial score (nSPS) is 12.0. The Hall–Kier alpha value is -2.69. The van der Waals surface area contributed by atoms with Gasteiger partial charge in [0, 0.05) is 22.0 Å². The van der Waals surface area contributed by atoms with Crippen LogP contribution >= 0.6 is 31.9 Å². The molecule has 10 heteroatoms. The second-order valence-electron chi connectivity index (χ2n) is 9.27. The molecule has 0 aromatic heterocycles. The molecule has 0 radical (unpaired) electrons. The molecule has 0 saturated heterocycles. The Balaban J connectivity index is 1.99. The molecule has 3 aromatic carbocycles. The van der Waals surface area contributed by atoms with Crippen molar-refractivity contribution in [2.45, 2.75) is 51.1 Å². The summed E-state index contributed by atoms with van der Waals surface area (Å²) in [5.41, 5.74) is 2.07. The number of benzene rings is 3.